The van der Waals surface area contributed by atoms with Crippen molar-refractivity contribution in [2.45, 2.75) is 40.0 Å². The van der Waals surface area contributed by atoms with Crippen LogP contribution < -0.4 is 5.32 Å². The molecule has 0 fully saturated rings. The maximum Gasteiger partial charge on any atom is 0.344 e. The van der Waals surface area contributed by atoms with Crippen LogP contribution in [-0.4, -0.2) is 30.2 Å². The van der Waals surface area contributed by atoms with Crippen molar-refractivity contribution in [3.05, 3.63) is 52.4 Å². The van der Waals surface area contributed by atoms with E-state index >= 15 is 0 Å². The molecule has 0 aliphatic heterocycles. The maximum atomic E-state index is 12.2. The average molecular weight is 344 g/mol. The van der Waals surface area contributed by atoms with Crippen LogP contribution in [0, 0.1) is 13.8 Å². The number of esters is 1. The molecule has 0 unspecified atom stereocenters. The number of aryl methyl sites for hydroxylation is 2. The third-order valence-corrected chi connectivity index (χ3v) is 3.93. The Morgan fingerprint density at radius 3 is 2.64 bits per heavy atom. The van der Waals surface area contributed by atoms with Gasteiger partial charge in [-0.15, -0.1) is 0 Å². The lowest BCUT2D eigenvalue weighted by molar-refractivity contribution is -0.124. The molecule has 6 nitrogen and oxygen atoms in total. The van der Waals surface area contributed by atoms with Crippen LogP contribution in [-0.2, 0) is 16.0 Å². The second kappa shape index (κ2) is 8.46. The standard InChI is InChI=1S/C19H24N2O4/c1-12(2)18-17(14(4)21-25-18)19(23)24-11-16(22)20-10-9-15-8-6-5-7-13(15)3/h5-8,12H,9-11H2,1-4H3,(H,20,22). The Balaban J connectivity index is 1.81. The van der Waals surface area contributed by atoms with Crippen LogP contribution in [0.1, 0.15) is 52.7 Å². The SMILES string of the molecule is Cc1ccccc1CCNC(=O)COC(=O)c1c(C)noc1C(C)C. The van der Waals surface area contributed by atoms with E-state index < -0.39 is 5.97 Å². The molecular weight excluding hydrogens is 320 g/mol. The van der Waals surface area contributed by atoms with Gasteiger partial charge >= 0.3 is 5.97 Å². The highest BCUT2D eigenvalue weighted by Gasteiger charge is 2.24. The number of rotatable bonds is 7. The first-order valence-electron chi connectivity index (χ1n) is 8.34. The summed E-state index contributed by atoms with van der Waals surface area (Å²) in [6.07, 6.45) is 0.731. The Bertz CT molecular complexity index is 750. The minimum atomic E-state index is -0.587. The van der Waals surface area contributed by atoms with Gasteiger partial charge in [-0.2, -0.15) is 0 Å². The van der Waals surface area contributed by atoms with Gasteiger partial charge in [0.2, 0.25) is 0 Å². The van der Waals surface area contributed by atoms with Crippen LogP contribution in [0.15, 0.2) is 28.8 Å². The summed E-state index contributed by atoms with van der Waals surface area (Å²) in [6.45, 7) is 7.67. The highest BCUT2D eigenvalue weighted by molar-refractivity contribution is 5.93. The van der Waals surface area contributed by atoms with Crippen molar-refractivity contribution in [2.75, 3.05) is 13.2 Å². The van der Waals surface area contributed by atoms with Gasteiger partial charge in [0.1, 0.15) is 5.56 Å². The number of amides is 1. The molecule has 0 saturated heterocycles. The van der Waals surface area contributed by atoms with Crippen molar-refractivity contribution in [3.8, 4) is 0 Å². The third-order valence-electron chi connectivity index (χ3n) is 3.93. The molecule has 2 aromatic rings. The number of benzene rings is 1. The van der Waals surface area contributed by atoms with E-state index in [0.29, 0.717) is 23.6 Å². The lowest BCUT2D eigenvalue weighted by Crippen LogP contribution is -2.30. The smallest absolute Gasteiger partial charge is 0.344 e. The molecule has 0 radical (unpaired) electrons. The number of aromatic nitrogens is 1. The molecule has 0 aliphatic rings. The summed E-state index contributed by atoms with van der Waals surface area (Å²) in [6, 6.07) is 8.02. The van der Waals surface area contributed by atoms with Gasteiger partial charge in [0.05, 0.1) is 5.69 Å². The number of nitrogens with zero attached hydrogens (tertiary/aromatic N) is 1. The Labute approximate surface area is 147 Å². The van der Waals surface area contributed by atoms with Gasteiger partial charge in [0.15, 0.2) is 12.4 Å². The Kier molecular flexibility index (Phi) is 6.33. The monoisotopic (exact) mass is 344 g/mol. The number of hydrogen-bond donors (Lipinski definition) is 1. The van der Waals surface area contributed by atoms with Gasteiger partial charge in [-0.3, -0.25) is 4.79 Å². The van der Waals surface area contributed by atoms with Crippen LogP contribution in [0.3, 0.4) is 0 Å². The number of carbonyl (C=O) groups is 2. The van der Waals surface area contributed by atoms with E-state index in [1.807, 2.05) is 45.0 Å². The topological polar surface area (TPSA) is 81.4 Å². The quantitative estimate of drug-likeness (QED) is 0.781. The van der Waals surface area contributed by atoms with Crippen molar-refractivity contribution < 1.29 is 18.8 Å². The highest BCUT2D eigenvalue weighted by atomic mass is 16.5. The molecular formula is C19H24N2O4. The zero-order chi connectivity index (χ0) is 18.4. The first-order valence-corrected chi connectivity index (χ1v) is 8.34. The molecule has 134 valence electrons. The molecule has 1 heterocycles. The van der Waals surface area contributed by atoms with E-state index in [0.717, 1.165) is 6.42 Å². The molecule has 1 amide bonds. The molecule has 0 saturated carbocycles. The summed E-state index contributed by atoms with van der Waals surface area (Å²) < 4.78 is 10.3. The molecule has 1 aromatic carbocycles. The van der Waals surface area contributed by atoms with E-state index in [2.05, 4.69) is 10.5 Å². The Morgan fingerprint density at radius 2 is 1.96 bits per heavy atom. The summed E-state index contributed by atoms with van der Waals surface area (Å²) in [5.41, 5.74) is 3.14. The summed E-state index contributed by atoms with van der Waals surface area (Å²) in [4.78, 5) is 24.1. The zero-order valence-electron chi connectivity index (χ0n) is 15.1. The van der Waals surface area contributed by atoms with Gasteiger partial charge in [-0.25, -0.2) is 4.79 Å². The first-order chi connectivity index (χ1) is 11.9. The molecule has 2 rings (SSSR count). The average Bonchev–Trinajstić information content (AvgIpc) is 2.96. The van der Waals surface area contributed by atoms with E-state index in [-0.39, 0.29) is 18.4 Å². The van der Waals surface area contributed by atoms with Crippen LogP contribution in [0.2, 0.25) is 0 Å². The molecule has 1 N–H and O–H groups in total. The Morgan fingerprint density at radius 1 is 1.24 bits per heavy atom. The van der Waals surface area contributed by atoms with Gasteiger partial charge in [-0.1, -0.05) is 43.3 Å². The fourth-order valence-electron chi connectivity index (χ4n) is 2.51. The predicted molar refractivity (Wildman–Crippen MR) is 93.5 cm³/mol. The molecule has 0 atom stereocenters. The second-order valence-corrected chi connectivity index (χ2v) is 6.26. The minimum absolute atomic E-state index is 0.00619. The van der Waals surface area contributed by atoms with Crippen molar-refractivity contribution in [1.82, 2.24) is 10.5 Å². The van der Waals surface area contributed by atoms with Crippen molar-refractivity contribution in [1.29, 1.82) is 0 Å². The number of carbonyl (C=O) groups excluding carboxylic acids is 2. The summed E-state index contributed by atoms with van der Waals surface area (Å²) >= 11 is 0. The molecule has 1 aromatic heterocycles. The first kappa shape index (κ1) is 18.7. The van der Waals surface area contributed by atoms with Crippen molar-refractivity contribution in [3.63, 3.8) is 0 Å². The van der Waals surface area contributed by atoms with Gasteiger partial charge in [0, 0.05) is 12.5 Å². The van der Waals surface area contributed by atoms with Crippen molar-refractivity contribution in [2.24, 2.45) is 0 Å². The van der Waals surface area contributed by atoms with E-state index in [1.54, 1.807) is 6.92 Å². The van der Waals surface area contributed by atoms with Crippen LogP contribution in [0.4, 0.5) is 0 Å². The van der Waals surface area contributed by atoms with Gasteiger partial charge in [-0.05, 0) is 31.4 Å². The van der Waals surface area contributed by atoms with E-state index in [1.165, 1.54) is 11.1 Å². The molecule has 6 heteroatoms. The zero-order valence-corrected chi connectivity index (χ0v) is 15.1. The highest BCUT2D eigenvalue weighted by Crippen LogP contribution is 2.22. The lowest BCUT2D eigenvalue weighted by atomic mass is 10.1. The summed E-state index contributed by atoms with van der Waals surface area (Å²) in [5.74, 6) is -0.437. The second-order valence-electron chi connectivity index (χ2n) is 6.26. The largest absolute Gasteiger partial charge is 0.452 e. The third kappa shape index (κ3) is 4.92. The number of ether oxygens (including phenoxy) is 1. The van der Waals surface area contributed by atoms with Gasteiger partial charge < -0.3 is 14.6 Å². The maximum absolute atomic E-state index is 12.2. The summed E-state index contributed by atoms with van der Waals surface area (Å²) in [5, 5.41) is 6.56. The van der Waals surface area contributed by atoms with Crippen LogP contribution in [0.5, 0.6) is 0 Å². The molecule has 0 bridgehead atoms. The van der Waals surface area contributed by atoms with Gasteiger partial charge in [0.25, 0.3) is 5.91 Å². The minimum Gasteiger partial charge on any atom is -0.452 e. The van der Waals surface area contributed by atoms with Crippen molar-refractivity contribution >= 4 is 11.9 Å². The fraction of sp³-hybridized carbons (Fsp3) is 0.421. The fourth-order valence-corrected chi connectivity index (χ4v) is 2.51. The lowest BCUT2D eigenvalue weighted by Gasteiger charge is -2.09. The van der Waals surface area contributed by atoms with E-state index in [9.17, 15) is 9.59 Å². The molecule has 0 spiro atoms. The predicted octanol–water partition coefficient (Wildman–Crippen LogP) is 2.93. The normalized spacial score (nSPS) is 10.8. The Hall–Kier alpha value is -2.63. The van der Waals surface area contributed by atoms with E-state index in [4.69, 9.17) is 9.26 Å². The molecule has 25 heavy (non-hydrogen) atoms. The number of hydrogen-bond acceptors (Lipinski definition) is 5. The van der Waals surface area contributed by atoms with Crippen LogP contribution >= 0.6 is 0 Å². The molecule has 0 aliphatic carbocycles. The summed E-state index contributed by atoms with van der Waals surface area (Å²) in [7, 11) is 0. The van der Waals surface area contributed by atoms with Crippen LogP contribution in [0.25, 0.3) is 0 Å². The number of nitrogens with one attached hydrogen (secondary N) is 1.